The number of amides is 1. The smallest absolute Gasteiger partial charge is 0.235 e. The predicted octanol–water partition coefficient (Wildman–Crippen LogP) is 3.23. The van der Waals surface area contributed by atoms with Crippen LogP contribution in [0.25, 0.3) is 11.0 Å². The summed E-state index contributed by atoms with van der Waals surface area (Å²) in [5.74, 6) is 0.0764. The van der Waals surface area contributed by atoms with E-state index in [0.717, 1.165) is 35.1 Å². The first kappa shape index (κ1) is 12.1. The molecule has 4 rings (SSSR count). The van der Waals surface area contributed by atoms with E-state index >= 15 is 0 Å². The van der Waals surface area contributed by atoms with Crippen LogP contribution in [0.5, 0.6) is 0 Å². The molecule has 1 fully saturated rings. The lowest BCUT2D eigenvalue weighted by molar-refractivity contribution is -0.118. The molecule has 2 N–H and O–H groups in total. The van der Waals surface area contributed by atoms with E-state index in [9.17, 15) is 4.79 Å². The average molecular weight is 277 g/mol. The summed E-state index contributed by atoms with van der Waals surface area (Å²) in [5.41, 5.74) is 3.39. The third-order valence-corrected chi connectivity index (χ3v) is 4.19. The van der Waals surface area contributed by atoms with Crippen molar-refractivity contribution in [3.63, 3.8) is 0 Å². The first-order valence-corrected chi connectivity index (χ1v) is 7.08. The van der Waals surface area contributed by atoms with Gasteiger partial charge in [-0.05, 0) is 36.6 Å². The van der Waals surface area contributed by atoms with Gasteiger partial charge in [-0.2, -0.15) is 0 Å². The van der Waals surface area contributed by atoms with Gasteiger partial charge < -0.3 is 10.3 Å². The maximum Gasteiger partial charge on any atom is 0.235 e. The molecule has 0 unspecified atom stereocenters. The summed E-state index contributed by atoms with van der Waals surface area (Å²) in [6.07, 6.45) is 3.48. The average Bonchev–Trinajstić information content (AvgIpc) is 3.21. The summed E-state index contributed by atoms with van der Waals surface area (Å²) < 4.78 is 0. The Hall–Kier alpha value is -2.62. The van der Waals surface area contributed by atoms with Crippen LogP contribution in [-0.2, 0) is 10.2 Å². The van der Waals surface area contributed by atoms with Crippen LogP contribution in [0.15, 0.2) is 54.9 Å². The number of nitrogens with zero attached hydrogens (tertiary/aromatic N) is 1. The quantitative estimate of drug-likeness (QED) is 0.772. The molecule has 1 saturated carbocycles. The zero-order valence-electron chi connectivity index (χ0n) is 11.5. The van der Waals surface area contributed by atoms with Crippen molar-refractivity contribution in [2.75, 3.05) is 5.32 Å². The molecule has 0 aliphatic heterocycles. The Morgan fingerprint density at radius 3 is 2.71 bits per heavy atom. The number of H-pyrrole nitrogens is 1. The van der Waals surface area contributed by atoms with Gasteiger partial charge in [0, 0.05) is 5.69 Å². The second-order valence-electron chi connectivity index (χ2n) is 5.54. The Morgan fingerprint density at radius 2 is 1.95 bits per heavy atom. The van der Waals surface area contributed by atoms with Crippen molar-refractivity contribution in [1.82, 2.24) is 9.97 Å². The highest BCUT2D eigenvalue weighted by Crippen LogP contribution is 2.48. The molecule has 0 bridgehead atoms. The molecule has 104 valence electrons. The number of imidazole rings is 1. The van der Waals surface area contributed by atoms with Gasteiger partial charge in [0.15, 0.2) is 0 Å². The summed E-state index contributed by atoms with van der Waals surface area (Å²) in [5, 5.41) is 3.04. The third-order valence-electron chi connectivity index (χ3n) is 4.19. The number of aromatic nitrogens is 2. The molecule has 4 heteroatoms. The molecule has 0 radical (unpaired) electrons. The van der Waals surface area contributed by atoms with Crippen molar-refractivity contribution in [3.05, 3.63) is 60.4 Å². The zero-order chi connectivity index (χ0) is 14.3. The normalized spacial score (nSPS) is 15.8. The molecular weight excluding hydrogens is 262 g/mol. The summed E-state index contributed by atoms with van der Waals surface area (Å²) in [7, 11) is 0. The number of aromatic amines is 1. The topological polar surface area (TPSA) is 57.8 Å². The lowest BCUT2D eigenvalue weighted by atomic mass is 9.95. The number of carbonyl (C=O) groups excluding carboxylic acids is 1. The van der Waals surface area contributed by atoms with Crippen molar-refractivity contribution < 1.29 is 4.79 Å². The maximum absolute atomic E-state index is 12.6. The molecule has 0 saturated heterocycles. The van der Waals surface area contributed by atoms with E-state index in [4.69, 9.17) is 0 Å². The van der Waals surface area contributed by atoms with Crippen molar-refractivity contribution in [2.45, 2.75) is 18.3 Å². The van der Waals surface area contributed by atoms with Crippen LogP contribution >= 0.6 is 0 Å². The maximum atomic E-state index is 12.6. The van der Waals surface area contributed by atoms with E-state index in [1.165, 1.54) is 0 Å². The van der Waals surface area contributed by atoms with Gasteiger partial charge >= 0.3 is 0 Å². The zero-order valence-corrected chi connectivity index (χ0v) is 11.5. The molecule has 0 atom stereocenters. The second-order valence-corrected chi connectivity index (χ2v) is 5.54. The SMILES string of the molecule is O=C(Nc1ccc2nc[nH]c2c1)C1(c2ccccc2)CC1. The predicted molar refractivity (Wildman–Crippen MR) is 82.1 cm³/mol. The fourth-order valence-electron chi connectivity index (χ4n) is 2.79. The standard InChI is InChI=1S/C17H15N3O/c21-16(17(8-9-17)12-4-2-1-3-5-12)20-13-6-7-14-15(10-13)19-11-18-14/h1-7,10-11H,8-9H2,(H,18,19)(H,20,21). The van der Waals surface area contributed by atoms with E-state index in [2.05, 4.69) is 15.3 Å². The minimum Gasteiger partial charge on any atom is -0.345 e. The van der Waals surface area contributed by atoms with Gasteiger partial charge in [-0.15, -0.1) is 0 Å². The molecule has 1 aliphatic carbocycles. The largest absolute Gasteiger partial charge is 0.345 e. The molecule has 21 heavy (non-hydrogen) atoms. The monoisotopic (exact) mass is 277 g/mol. The molecule has 1 aromatic heterocycles. The van der Waals surface area contributed by atoms with Crippen LogP contribution in [0.2, 0.25) is 0 Å². The number of rotatable bonds is 3. The fraction of sp³-hybridized carbons (Fsp3) is 0.176. The van der Waals surface area contributed by atoms with Crippen molar-refractivity contribution >= 4 is 22.6 Å². The molecule has 0 spiro atoms. The Bertz CT molecular complexity index is 803. The van der Waals surface area contributed by atoms with E-state index in [-0.39, 0.29) is 11.3 Å². The van der Waals surface area contributed by atoms with Gasteiger partial charge in [-0.3, -0.25) is 4.79 Å². The molecule has 1 aliphatic rings. The number of benzene rings is 2. The van der Waals surface area contributed by atoms with Gasteiger partial charge in [0.2, 0.25) is 5.91 Å². The molecule has 3 aromatic rings. The number of carbonyl (C=O) groups is 1. The fourth-order valence-corrected chi connectivity index (χ4v) is 2.79. The molecule has 2 aromatic carbocycles. The van der Waals surface area contributed by atoms with Crippen molar-refractivity contribution in [2.24, 2.45) is 0 Å². The lowest BCUT2D eigenvalue weighted by Crippen LogP contribution is -2.27. The summed E-state index contributed by atoms with van der Waals surface area (Å²) >= 11 is 0. The van der Waals surface area contributed by atoms with E-state index in [1.54, 1.807) is 6.33 Å². The van der Waals surface area contributed by atoms with E-state index in [0.29, 0.717) is 0 Å². The molecule has 1 heterocycles. The third kappa shape index (κ3) is 2.00. The van der Waals surface area contributed by atoms with E-state index in [1.807, 2.05) is 48.5 Å². The number of anilines is 1. The van der Waals surface area contributed by atoms with Crippen LogP contribution in [0.4, 0.5) is 5.69 Å². The minimum absolute atomic E-state index is 0.0764. The molecule has 4 nitrogen and oxygen atoms in total. The van der Waals surface area contributed by atoms with Gasteiger partial charge in [-0.1, -0.05) is 30.3 Å². The van der Waals surface area contributed by atoms with Crippen molar-refractivity contribution in [3.8, 4) is 0 Å². The highest BCUT2D eigenvalue weighted by atomic mass is 16.2. The van der Waals surface area contributed by atoms with Crippen LogP contribution < -0.4 is 5.32 Å². The Balaban J connectivity index is 1.61. The summed E-state index contributed by atoms with van der Waals surface area (Å²) in [6, 6.07) is 15.7. The van der Waals surface area contributed by atoms with Crippen LogP contribution in [-0.4, -0.2) is 15.9 Å². The lowest BCUT2D eigenvalue weighted by Gasteiger charge is -2.15. The number of hydrogen-bond donors (Lipinski definition) is 2. The van der Waals surface area contributed by atoms with Gasteiger partial charge in [0.25, 0.3) is 0 Å². The first-order chi connectivity index (χ1) is 10.3. The number of fused-ring (bicyclic) bond motifs is 1. The highest BCUT2D eigenvalue weighted by Gasteiger charge is 2.51. The van der Waals surface area contributed by atoms with Gasteiger partial charge in [0.05, 0.1) is 22.8 Å². The Kier molecular flexibility index (Phi) is 2.57. The number of hydrogen-bond acceptors (Lipinski definition) is 2. The highest BCUT2D eigenvalue weighted by molar-refractivity contribution is 6.02. The van der Waals surface area contributed by atoms with Crippen LogP contribution in [0, 0.1) is 0 Å². The van der Waals surface area contributed by atoms with E-state index < -0.39 is 0 Å². The number of nitrogens with one attached hydrogen (secondary N) is 2. The summed E-state index contributed by atoms with van der Waals surface area (Å²) in [4.78, 5) is 19.9. The molecular formula is C17H15N3O. The second kappa shape index (κ2) is 4.45. The first-order valence-electron chi connectivity index (χ1n) is 7.08. The Morgan fingerprint density at radius 1 is 1.14 bits per heavy atom. The summed E-state index contributed by atoms with van der Waals surface area (Å²) in [6.45, 7) is 0. The van der Waals surface area contributed by atoms with Gasteiger partial charge in [-0.25, -0.2) is 4.98 Å². The van der Waals surface area contributed by atoms with Crippen LogP contribution in [0.3, 0.4) is 0 Å². The molecule has 1 amide bonds. The van der Waals surface area contributed by atoms with Crippen LogP contribution in [0.1, 0.15) is 18.4 Å². The van der Waals surface area contributed by atoms with Gasteiger partial charge in [0.1, 0.15) is 0 Å². The Labute approximate surface area is 122 Å². The van der Waals surface area contributed by atoms with Crippen molar-refractivity contribution in [1.29, 1.82) is 0 Å². The minimum atomic E-state index is -0.343.